The summed E-state index contributed by atoms with van der Waals surface area (Å²) in [6.45, 7) is 5.12. The first-order valence-corrected chi connectivity index (χ1v) is 11.0. The average Bonchev–Trinajstić information content (AvgIpc) is 2.77. The van der Waals surface area contributed by atoms with Gasteiger partial charge in [-0.25, -0.2) is 0 Å². The van der Waals surface area contributed by atoms with Gasteiger partial charge in [0.1, 0.15) is 36.1 Å². The van der Waals surface area contributed by atoms with Crippen molar-refractivity contribution in [2.75, 3.05) is 6.61 Å². The molecule has 0 bridgehead atoms. The Morgan fingerprint density at radius 2 is 1.87 bits per heavy atom. The molecule has 31 heavy (non-hydrogen) atoms. The number of rotatable bonds is 4. The molecule has 3 aromatic carbocycles. The fourth-order valence-electron chi connectivity index (χ4n) is 3.92. The standard InChI is InChI=1S/C27H25O3P/c1-27(2)13-12-23-24(30-27)11-8-19-14-20(17-29-26(19)23)22-10-9-21(31)15-25(22)28-16-18-6-4-3-5-7-18/h3-15H,16-17,31H2,1-2H3. The molecule has 0 spiro atoms. The van der Waals surface area contributed by atoms with Crippen molar-refractivity contribution in [1.29, 1.82) is 0 Å². The van der Waals surface area contributed by atoms with E-state index in [1.54, 1.807) is 0 Å². The molecule has 0 fully saturated rings. The third-order valence-corrected chi connectivity index (χ3v) is 5.86. The minimum Gasteiger partial charge on any atom is -0.488 e. The van der Waals surface area contributed by atoms with E-state index in [1.807, 2.05) is 24.3 Å². The molecule has 2 aliphatic rings. The van der Waals surface area contributed by atoms with E-state index in [4.69, 9.17) is 14.2 Å². The van der Waals surface area contributed by atoms with Gasteiger partial charge >= 0.3 is 0 Å². The lowest BCUT2D eigenvalue weighted by Crippen LogP contribution is -2.27. The molecule has 0 aromatic heterocycles. The van der Waals surface area contributed by atoms with E-state index in [0.717, 1.165) is 50.4 Å². The van der Waals surface area contributed by atoms with Crippen molar-refractivity contribution in [3.8, 4) is 17.2 Å². The van der Waals surface area contributed by atoms with E-state index in [2.05, 4.69) is 77.7 Å². The van der Waals surface area contributed by atoms with Crippen LogP contribution in [0.2, 0.25) is 0 Å². The van der Waals surface area contributed by atoms with E-state index in [1.165, 1.54) is 0 Å². The molecule has 0 radical (unpaired) electrons. The van der Waals surface area contributed by atoms with Crippen molar-refractivity contribution in [1.82, 2.24) is 0 Å². The summed E-state index contributed by atoms with van der Waals surface area (Å²) in [6, 6.07) is 20.6. The zero-order valence-corrected chi connectivity index (χ0v) is 18.9. The summed E-state index contributed by atoms with van der Waals surface area (Å²) >= 11 is 0. The molecule has 0 N–H and O–H groups in total. The van der Waals surface area contributed by atoms with Crippen molar-refractivity contribution >= 4 is 32.3 Å². The van der Waals surface area contributed by atoms with Crippen LogP contribution >= 0.6 is 9.24 Å². The van der Waals surface area contributed by atoms with Crippen LogP contribution in [0.1, 0.15) is 36.1 Å². The number of hydrogen-bond acceptors (Lipinski definition) is 3. The van der Waals surface area contributed by atoms with Crippen LogP contribution in [-0.4, -0.2) is 12.2 Å². The number of fused-ring (bicyclic) bond motifs is 3. The molecule has 0 saturated carbocycles. The lowest BCUT2D eigenvalue weighted by atomic mass is 9.95. The second-order valence-electron chi connectivity index (χ2n) is 8.42. The molecule has 2 heterocycles. The molecule has 3 nitrogen and oxygen atoms in total. The summed E-state index contributed by atoms with van der Waals surface area (Å²) in [5, 5.41) is 1.09. The summed E-state index contributed by atoms with van der Waals surface area (Å²) in [6.07, 6.45) is 6.37. The number of ether oxygens (including phenoxy) is 3. The van der Waals surface area contributed by atoms with E-state index >= 15 is 0 Å². The average molecular weight is 428 g/mol. The molecule has 0 saturated heterocycles. The second-order valence-corrected chi connectivity index (χ2v) is 9.09. The molecule has 0 aliphatic carbocycles. The van der Waals surface area contributed by atoms with Gasteiger partial charge in [0.15, 0.2) is 0 Å². The third kappa shape index (κ3) is 4.11. The molecular formula is C27H25O3P. The van der Waals surface area contributed by atoms with Crippen molar-refractivity contribution in [3.05, 3.63) is 89.0 Å². The zero-order valence-electron chi connectivity index (χ0n) is 17.7. The van der Waals surface area contributed by atoms with Crippen molar-refractivity contribution in [3.63, 3.8) is 0 Å². The highest BCUT2D eigenvalue weighted by molar-refractivity contribution is 7.27. The lowest BCUT2D eigenvalue weighted by molar-refractivity contribution is 0.158. The number of hydrogen-bond donors (Lipinski definition) is 0. The van der Waals surface area contributed by atoms with Crippen LogP contribution in [0.4, 0.5) is 0 Å². The van der Waals surface area contributed by atoms with E-state index in [0.29, 0.717) is 13.2 Å². The predicted octanol–water partition coefficient (Wildman–Crippen LogP) is 5.88. The first-order chi connectivity index (χ1) is 15.0. The molecule has 0 amide bonds. The Bertz CT molecular complexity index is 1190. The Morgan fingerprint density at radius 1 is 1.03 bits per heavy atom. The largest absolute Gasteiger partial charge is 0.488 e. The van der Waals surface area contributed by atoms with Gasteiger partial charge in [0.25, 0.3) is 0 Å². The maximum absolute atomic E-state index is 6.24. The highest BCUT2D eigenvalue weighted by atomic mass is 31.0. The highest BCUT2D eigenvalue weighted by Gasteiger charge is 2.26. The van der Waals surface area contributed by atoms with Crippen LogP contribution in [0.3, 0.4) is 0 Å². The van der Waals surface area contributed by atoms with Gasteiger partial charge in [-0.1, -0.05) is 42.5 Å². The Morgan fingerprint density at radius 3 is 2.71 bits per heavy atom. The molecule has 2 aliphatic heterocycles. The van der Waals surface area contributed by atoms with Crippen molar-refractivity contribution < 1.29 is 14.2 Å². The minimum atomic E-state index is -0.304. The Balaban J connectivity index is 1.48. The monoisotopic (exact) mass is 428 g/mol. The number of benzene rings is 3. The summed E-state index contributed by atoms with van der Waals surface area (Å²) in [5.41, 5.74) is 5.05. The summed E-state index contributed by atoms with van der Waals surface area (Å²) in [4.78, 5) is 0. The van der Waals surface area contributed by atoms with Gasteiger partial charge < -0.3 is 14.2 Å². The Hall–Kier alpha value is -3.03. The normalized spacial score (nSPS) is 15.8. The van der Waals surface area contributed by atoms with E-state index in [9.17, 15) is 0 Å². The first kappa shape index (κ1) is 19.9. The third-order valence-electron chi connectivity index (χ3n) is 5.50. The van der Waals surface area contributed by atoms with Gasteiger partial charge in [-0.05, 0) is 61.1 Å². The smallest absolute Gasteiger partial charge is 0.137 e. The first-order valence-electron chi connectivity index (χ1n) is 10.4. The summed E-state index contributed by atoms with van der Waals surface area (Å²) in [7, 11) is 2.74. The molecule has 5 rings (SSSR count). The van der Waals surface area contributed by atoms with E-state index < -0.39 is 0 Å². The topological polar surface area (TPSA) is 27.7 Å². The lowest BCUT2D eigenvalue weighted by Gasteiger charge is -2.30. The maximum atomic E-state index is 6.24. The SMILES string of the molecule is CC1(C)C=Cc2c(ccc3c2OCC(c2ccc(P)cc2OCc2ccccc2)=C3)O1. The molecule has 156 valence electrons. The predicted molar refractivity (Wildman–Crippen MR) is 130 cm³/mol. The quantitative estimate of drug-likeness (QED) is 0.486. The van der Waals surface area contributed by atoms with E-state index in [-0.39, 0.29) is 5.60 Å². The highest BCUT2D eigenvalue weighted by Crippen LogP contribution is 2.43. The van der Waals surface area contributed by atoms with Gasteiger partial charge in [0.05, 0.1) is 5.56 Å². The second kappa shape index (κ2) is 7.90. The van der Waals surface area contributed by atoms with Gasteiger partial charge in [-0.15, -0.1) is 9.24 Å². The van der Waals surface area contributed by atoms with Crippen LogP contribution in [-0.2, 0) is 6.61 Å². The minimum absolute atomic E-state index is 0.304. The van der Waals surface area contributed by atoms with Crippen LogP contribution < -0.4 is 19.5 Å². The van der Waals surface area contributed by atoms with Crippen molar-refractivity contribution in [2.45, 2.75) is 26.1 Å². The van der Waals surface area contributed by atoms with Crippen LogP contribution in [0, 0.1) is 0 Å². The molecular weight excluding hydrogens is 403 g/mol. The fraction of sp³-hybridized carbons (Fsp3) is 0.185. The molecule has 1 atom stereocenters. The van der Waals surface area contributed by atoms with Gasteiger partial charge in [0, 0.05) is 16.7 Å². The fourth-order valence-corrected chi connectivity index (χ4v) is 4.16. The van der Waals surface area contributed by atoms with Crippen molar-refractivity contribution in [2.24, 2.45) is 0 Å². The van der Waals surface area contributed by atoms with Gasteiger partial charge in [-0.2, -0.15) is 0 Å². The van der Waals surface area contributed by atoms with Crippen LogP contribution in [0.25, 0.3) is 17.7 Å². The molecule has 3 aromatic rings. The Kier molecular flexibility index (Phi) is 5.08. The molecule has 4 heteroatoms. The van der Waals surface area contributed by atoms with Crippen LogP contribution in [0.5, 0.6) is 17.2 Å². The Labute approximate surface area is 185 Å². The van der Waals surface area contributed by atoms with Crippen LogP contribution in [0.15, 0.2) is 66.7 Å². The summed E-state index contributed by atoms with van der Waals surface area (Å²) in [5.74, 6) is 2.60. The molecule has 1 unspecified atom stereocenters. The summed E-state index contributed by atoms with van der Waals surface area (Å²) < 4.78 is 18.6. The maximum Gasteiger partial charge on any atom is 0.137 e. The zero-order chi connectivity index (χ0) is 21.4. The van der Waals surface area contributed by atoms with Gasteiger partial charge in [-0.3, -0.25) is 0 Å². The van der Waals surface area contributed by atoms with Gasteiger partial charge in [0.2, 0.25) is 0 Å².